The minimum atomic E-state index is -0.557. The Morgan fingerprint density at radius 3 is 2.67 bits per heavy atom. The number of esters is 1. The number of ether oxygens (including phenoxy) is 1. The molecule has 0 aliphatic heterocycles. The van der Waals surface area contributed by atoms with E-state index in [0.717, 1.165) is 5.56 Å². The Bertz CT molecular complexity index is 725. The molecule has 0 unspecified atom stereocenters. The van der Waals surface area contributed by atoms with Gasteiger partial charge in [-0.15, -0.1) is 0 Å². The number of hydrogen-bond acceptors (Lipinski definition) is 6. The van der Waals surface area contributed by atoms with Gasteiger partial charge in [0, 0.05) is 6.07 Å². The number of anilines is 1. The fraction of sp³-hybridized carbons (Fsp3) is 0.250. The van der Waals surface area contributed by atoms with Crippen LogP contribution < -0.4 is 5.32 Å². The smallest absolute Gasteiger partial charge is 0.311 e. The molecule has 126 valence electrons. The van der Waals surface area contributed by atoms with E-state index in [1.165, 1.54) is 12.1 Å². The van der Waals surface area contributed by atoms with Gasteiger partial charge in [-0.25, -0.2) is 4.98 Å². The van der Waals surface area contributed by atoms with Crippen LogP contribution >= 0.6 is 11.6 Å². The average molecular weight is 350 g/mol. The molecule has 0 saturated heterocycles. The minimum Gasteiger partial charge on any atom is -0.466 e. The summed E-state index contributed by atoms with van der Waals surface area (Å²) in [6, 6.07) is 11.2. The summed E-state index contributed by atoms with van der Waals surface area (Å²) in [5, 5.41) is 14.2. The second-order valence-corrected chi connectivity index (χ2v) is 5.26. The van der Waals surface area contributed by atoms with E-state index in [0.29, 0.717) is 0 Å². The van der Waals surface area contributed by atoms with Gasteiger partial charge >= 0.3 is 11.7 Å². The summed E-state index contributed by atoms with van der Waals surface area (Å²) in [6.07, 6.45) is 0.00318. The normalized spacial score (nSPS) is 11.6. The van der Waals surface area contributed by atoms with E-state index in [4.69, 9.17) is 16.3 Å². The van der Waals surface area contributed by atoms with Crippen molar-refractivity contribution in [3.05, 3.63) is 63.3 Å². The van der Waals surface area contributed by atoms with E-state index in [9.17, 15) is 14.9 Å². The zero-order valence-corrected chi connectivity index (χ0v) is 13.7. The van der Waals surface area contributed by atoms with Crippen LogP contribution in [0.25, 0.3) is 0 Å². The molecule has 1 aromatic heterocycles. The molecule has 24 heavy (non-hydrogen) atoms. The number of halogens is 1. The van der Waals surface area contributed by atoms with Crippen LogP contribution in [0.5, 0.6) is 0 Å². The van der Waals surface area contributed by atoms with Gasteiger partial charge in [0.25, 0.3) is 0 Å². The van der Waals surface area contributed by atoms with Crippen molar-refractivity contribution in [2.45, 2.75) is 19.4 Å². The lowest BCUT2D eigenvalue weighted by molar-refractivity contribution is -0.384. The fourth-order valence-corrected chi connectivity index (χ4v) is 2.32. The molecule has 0 aliphatic carbocycles. The first kappa shape index (κ1) is 17.7. The average Bonchev–Trinajstić information content (AvgIpc) is 2.55. The van der Waals surface area contributed by atoms with Gasteiger partial charge < -0.3 is 10.1 Å². The highest BCUT2D eigenvalue weighted by molar-refractivity contribution is 6.29. The highest BCUT2D eigenvalue weighted by Gasteiger charge is 2.22. The first-order valence-corrected chi connectivity index (χ1v) is 7.67. The van der Waals surface area contributed by atoms with E-state index < -0.39 is 16.9 Å². The molecule has 1 heterocycles. The third-order valence-corrected chi connectivity index (χ3v) is 3.44. The second-order valence-electron chi connectivity index (χ2n) is 4.88. The van der Waals surface area contributed by atoms with Crippen LogP contribution in [0.2, 0.25) is 5.15 Å². The van der Waals surface area contributed by atoms with Crippen LogP contribution in [0.3, 0.4) is 0 Å². The van der Waals surface area contributed by atoms with Crippen LogP contribution in [0, 0.1) is 10.1 Å². The standard InChI is InChI=1S/C16H16ClN3O4/c1-2-24-15(21)10-12(11-6-4-3-5-7-11)18-16-13(20(22)23)8-9-14(17)19-16/h3-9,12H,2,10H2,1H3,(H,18,19)/t12-/m1/s1. The number of pyridine rings is 1. The molecule has 2 aromatic rings. The summed E-state index contributed by atoms with van der Waals surface area (Å²) in [6.45, 7) is 1.97. The predicted molar refractivity (Wildman–Crippen MR) is 90.0 cm³/mol. The van der Waals surface area contributed by atoms with Crippen LogP contribution in [0.4, 0.5) is 11.5 Å². The van der Waals surface area contributed by atoms with Crippen molar-refractivity contribution in [2.75, 3.05) is 11.9 Å². The summed E-state index contributed by atoms with van der Waals surface area (Å²) < 4.78 is 4.97. The number of nitro groups is 1. The highest BCUT2D eigenvalue weighted by Crippen LogP contribution is 2.29. The number of rotatable bonds is 7. The van der Waals surface area contributed by atoms with Crippen molar-refractivity contribution in [3.8, 4) is 0 Å². The third-order valence-electron chi connectivity index (χ3n) is 3.23. The molecule has 0 fully saturated rings. The van der Waals surface area contributed by atoms with Gasteiger partial charge in [0.15, 0.2) is 0 Å². The summed E-state index contributed by atoms with van der Waals surface area (Å²) in [5.41, 5.74) is 0.561. The Kier molecular flexibility index (Phi) is 6.08. The molecule has 7 nitrogen and oxygen atoms in total. The number of aromatic nitrogens is 1. The summed E-state index contributed by atoms with van der Waals surface area (Å²) >= 11 is 5.84. The molecule has 0 saturated carbocycles. The van der Waals surface area contributed by atoms with Crippen LogP contribution in [-0.4, -0.2) is 22.5 Å². The zero-order valence-electron chi connectivity index (χ0n) is 12.9. The van der Waals surface area contributed by atoms with E-state index in [2.05, 4.69) is 10.3 Å². The molecule has 0 spiro atoms. The second kappa shape index (κ2) is 8.26. The van der Waals surface area contributed by atoms with E-state index >= 15 is 0 Å². The van der Waals surface area contributed by atoms with Crippen LogP contribution in [0.1, 0.15) is 24.9 Å². The molecule has 1 aromatic carbocycles. The molecule has 0 amide bonds. The molecule has 0 bridgehead atoms. The maximum absolute atomic E-state index is 11.9. The van der Waals surface area contributed by atoms with Crippen LogP contribution in [-0.2, 0) is 9.53 Å². The van der Waals surface area contributed by atoms with Crippen molar-refractivity contribution >= 4 is 29.1 Å². The quantitative estimate of drug-likeness (QED) is 0.354. The predicted octanol–water partition coefficient (Wildman–Crippen LogP) is 3.75. The Morgan fingerprint density at radius 2 is 2.04 bits per heavy atom. The van der Waals surface area contributed by atoms with Gasteiger partial charge in [-0.05, 0) is 18.6 Å². The third kappa shape index (κ3) is 4.66. The summed E-state index contributed by atoms with van der Waals surface area (Å²) in [5.74, 6) is -0.408. The SMILES string of the molecule is CCOC(=O)C[C@@H](Nc1nc(Cl)ccc1[N+](=O)[O-])c1ccccc1. The Hall–Kier alpha value is -2.67. The molecule has 2 rings (SSSR count). The van der Waals surface area contributed by atoms with Gasteiger partial charge in [-0.1, -0.05) is 41.9 Å². The lowest BCUT2D eigenvalue weighted by Crippen LogP contribution is -2.18. The molecule has 8 heteroatoms. The van der Waals surface area contributed by atoms with E-state index in [1.54, 1.807) is 6.92 Å². The van der Waals surface area contributed by atoms with Crippen molar-refractivity contribution in [1.82, 2.24) is 4.98 Å². The number of carbonyl (C=O) groups excluding carboxylic acids is 1. The summed E-state index contributed by atoms with van der Waals surface area (Å²) in [7, 11) is 0. The van der Waals surface area contributed by atoms with E-state index in [-0.39, 0.29) is 29.7 Å². The van der Waals surface area contributed by atoms with Crippen molar-refractivity contribution < 1.29 is 14.5 Å². The zero-order chi connectivity index (χ0) is 17.5. The Morgan fingerprint density at radius 1 is 1.33 bits per heavy atom. The minimum absolute atomic E-state index is 0.00318. The van der Waals surface area contributed by atoms with Crippen LogP contribution in [0.15, 0.2) is 42.5 Å². The maximum Gasteiger partial charge on any atom is 0.311 e. The maximum atomic E-state index is 11.9. The molecule has 1 N–H and O–H groups in total. The molecule has 0 radical (unpaired) electrons. The Labute approximate surface area is 143 Å². The summed E-state index contributed by atoms with van der Waals surface area (Å²) in [4.78, 5) is 26.4. The monoisotopic (exact) mass is 349 g/mol. The number of hydrogen-bond donors (Lipinski definition) is 1. The van der Waals surface area contributed by atoms with Gasteiger partial charge in [-0.2, -0.15) is 0 Å². The number of carbonyl (C=O) groups is 1. The molecular formula is C16H16ClN3O4. The van der Waals surface area contributed by atoms with Gasteiger partial charge in [0.1, 0.15) is 5.15 Å². The fourth-order valence-electron chi connectivity index (χ4n) is 2.17. The largest absolute Gasteiger partial charge is 0.466 e. The number of nitrogens with one attached hydrogen (secondary N) is 1. The van der Waals surface area contributed by atoms with E-state index in [1.807, 2.05) is 30.3 Å². The van der Waals surface area contributed by atoms with Crippen molar-refractivity contribution in [2.24, 2.45) is 0 Å². The van der Waals surface area contributed by atoms with Crippen molar-refractivity contribution in [1.29, 1.82) is 0 Å². The molecular weight excluding hydrogens is 334 g/mol. The Balaban J connectivity index is 2.33. The molecule has 1 atom stereocenters. The highest BCUT2D eigenvalue weighted by atomic mass is 35.5. The number of benzene rings is 1. The molecule has 0 aliphatic rings. The van der Waals surface area contributed by atoms with Crippen molar-refractivity contribution in [3.63, 3.8) is 0 Å². The van der Waals surface area contributed by atoms with Gasteiger partial charge in [-0.3, -0.25) is 14.9 Å². The van der Waals surface area contributed by atoms with Gasteiger partial charge in [0.2, 0.25) is 5.82 Å². The lowest BCUT2D eigenvalue weighted by Gasteiger charge is -2.19. The lowest BCUT2D eigenvalue weighted by atomic mass is 10.0. The topological polar surface area (TPSA) is 94.4 Å². The van der Waals surface area contributed by atoms with Gasteiger partial charge in [0.05, 0.1) is 24.0 Å². The first-order chi connectivity index (χ1) is 11.5. The number of nitrogens with zero attached hydrogens (tertiary/aromatic N) is 2. The first-order valence-electron chi connectivity index (χ1n) is 7.29.